The number of rotatable bonds is 3. The number of nitrogens with one attached hydrogen (secondary N) is 1. The topological polar surface area (TPSA) is 18.5 Å². The second-order valence-electron chi connectivity index (χ2n) is 6.03. The highest BCUT2D eigenvalue weighted by Crippen LogP contribution is 2.29. The zero-order valence-electron chi connectivity index (χ0n) is 13.8. The minimum absolute atomic E-state index is 0.320. The number of benzene rings is 2. The molecule has 0 bridgehead atoms. The molecule has 1 saturated heterocycles. The normalized spacial score (nSPS) is 15.2. The Bertz CT molecular complexity index is 810. The van der Waals surface area contributed by atoms with E-state index in [-0.39, 0.29) is 5.82 Å². The molecule has 0 radical (unpaired) electrons. The van der Waals surface area contributed by atoms with Gasteiger partial charge in [0.15, 0.2) is 5.11 Å². The second kappa shape index (κ2) is 8.72. The number of thiocarbonyl (C=S) groups is 1. The van der Waals surface area contributed by atoms with Crippen LogP contribution in [0.25, 0.3) is 0 Å². The monoisotopic (exact) mass is 431 g/mol. The van der Waals surface area contributed by atoms with Crippen molar-refractivity contribution in [3.63, 3.8) is 0 Å². The SMILES string of the molecule is Fc1ccc(CN2CCN(C(=S)Nc3cccc(Cl)c3Cl)CC2)c(Cl)c1. The van der Waals surface area contributed by atoms with Gasteiger partial charge in [0.05, 0.1) is 15.7 Å². The van der Waals surface area contributed by atoms with Gasteiger partial charge < -0.3 is 10.2 Å². The van der Waals surface area contributed by atoms with Gasteiger partial charge in [-0.05, 0) is 42.0 Å². The molecule has 0 unspecified atom stereocenters. The molecule has 0 spiro atoms. The first-order valence-electron chi connectivity index (χ1n) is 8.10. The molecule has 8 heteroatoms. The standard InChI is InChI=1S/C18H17Cl3FN3S/c19-14-2-1-3-16(17(14)21)23-18(26)25-8-6-24(7-9-25)11-12-4-5-13(22)10-15(12)20/h1-5,10H,6-9,11H2,(H,23,26). The lowest BCUT2D eigenvalue weighted by Gasteiger charge is -2.36. The molecule has 1 N–H and O–H groups in total. The fraction of sp³-hybridized carbons (Fsp3) is 0.278. The van der Waals surface area contributed by atoms with Crippen LogP contribution in [0.1, 0.15) is 5.56 Å². The molecule has 0 saturated carbocycles. The van der Waals surface area contributed by atoms with E-state index in [0.717, 1.165) is 31.7 Å². The predicted molar refractivity (Wildman–Crippen MR) is 111 cm³/mol. The number of anilines is 1. The Morgan fingerprint density at radius 3 is 2.46 bits per heavy atom. The molecule has 2 aromatic carbocycles. The molecule has 138 valence electrons. The van der Waals surface area contributed by atoms with Crippen LogP contribution >= 0.6 is 47.0 Å². The van der Waals surface area contributed by atoms with Crippen molar-refractivity contribution in [3.8, 4) is 0 Å². The van der Waals surface area contributed by atoms with Gasteiger partial charge in [-0.3, -0.25) is 4.90 Å². The van der Waals surface area contributed by atoms with Crippen molar-refractivity contribution in [1.29, 1.82) is 0 Å². The molecular formula is C18H17Cl3FN3S. The predicted octanol–water partition coefficient (Wildman–Crippen LogP) is 5.30. The summed E-state index contributed by atoms with van der Waals surface area (Å²) in [6.07, 6.45) is 0. The van der Waals surface area contributed by atoms with Gasteiger partial charge in [-0.25, -0.2) is 4.39 Å². The third kappa shape index (κ3) is 4.78. The first kappa shape index (κ1) is 19.6. The van der Waals surface area contributed by atoms with Crippen LogP contribution in [0.3, 0.4) is 0 Å². The highest BCUT2D eigenvalue weighted by Gasteiger charge is 2.20. The van der Waals surface area contributed by atoms with Crippen molar-refractivity contribution in [2.45, 2.75) is 6.54 Å². The smallest absolute Gasteiger partial charge is 0.173 e. The molecule has 1 heterocycles. The maximum absolute atomic E-state index is 13.2. The lowest BCUT2D eigenvalue weighted by Crippen LogP contribution is -2.49. The Kier molecular flexibility index (Phi) is 6.59. The van der Waals surface area contributed by atoms with Crippen LogP contribution in [0.5, 0.6) is 0 Å². The van der Waals surface area contributed by atoms with E-state index in [2.05, 4.69) is 15.1 Å². The first-order chi connectivity index (χ1) is 12.4. The largest absolute Gasteiger partial charge is 0.346 e. The lowest BCUT2D eigenvalue weighted by molar-refractivity contribution is 0.177. The Morgan fingerprint density at radius 1 is 1.04 bits per heavy atom. The molecule has 3 nitrogen and oxygen atoms in total. The van der Waals surface area contributed by atoms with Crippen molar-refractivity contribution < 1.29 is 4.39 Å². The summed E-state index contributed by atoms with van der Waals surface area (Å²) in [5.74, 6) is -0.320. The molecule has 2 aromatic rings. The average Bonchev–Trinajstić information content (AvgIpc) is 2.62. The Hall–Kier alpha value is -1.11. The minimum atomic E-state index is -0.320. The zero-order valence-corrected chi connectivity index (χ0v) is 16.9. The number of hydrogen-bond donors (Lipinski definition) is 1. The van der Waals surface area contributed by atoms with Gasteiger partial charge in [-0.1, -0.05) is 46.9 Å². The van der Waals surface area contributed by atoms with Crippen LogP contribution in [0, 0.1) is 5.82 Å². The van der Waals surface area contributed by atoms with Crippen molar-refractivity contribution in [1.82, 2.24) is 9.80 Å². The van der Waals surface area contributed by atoms with Crippen LogP contribution in [-0.2, 0) is 6.54 Å². The summed E-state index contributed by atoms with van der Waals surface area (Å²) in [6, 6.07) is 9.91. The van der Waals surface area contributed by atoms with Crippen molar-refractivity contribution in [3.05, 3.63) is 62.8 Å². The zero-order chi connectivity index (χ0) is 18.7. The molecule has 3 rings (SSSR count). The molecule has 26 heavy (non-hydrogen) atoms. The number of halogens is 4. The Balaban J connectivity index is 1.54. The molecule has 0 atom stereocenters. The Labute approximate surface area is 172 Å². The van der Waals surface area contributed by atoms with Gasteiger partial charge in [0, 0.05) is 37.7 Å². The molecule has 0 amide bonds. The van der Waals surface area contributed by atoms with E-state index < -0.39 is 0 Å². The van der Waals surface area contributed by atoms with Gasteiger partial charge in [-0.15, -0.1) is 0 Å². The van der Waals surface area contributed by atoms with Crippen molar-refractivity contribution in [2.24, 2.45) is 0 Å². The molecule has 1 aliphatic heterocycles. The maximum atomic E-state index is 13.2. The minimum Gasteiger partial charge on any atom is -0.346 e. The fourth-order valence-electron chi connectivity index (χ4n) is 2.79. The highest BCUT2D eigenvalue weighted by molar-refractivity contribution is 7.80. The molecular weight excluding hydrogens is 416 g/mol. The summed E-state index contributed by atoms with van der Waals surface area (Å²) >= 11 is 23.8. The molecule has 1 fully saturated rings. The second-order valence-corrected chi connectivity index (χ2v) is 7.61. The summed E-state index contributed by atoms with van der Waals surface area (Å²) in [7, 11) is 0. The van der Waals surface area contributed by atoms with Gasteiger partial charge in [-0.2, -0.15) is 0 Å². The van der Waals surface area contributed by atoms with E-state index in [1.807, 2.05) is 12.1 Å². The summed E-state index contributed by atoms with van der Waals surface area (Å²) in [4.78, 5) is 4.36. The van der Waals surface area contributed by atoms with E-state index in [4.69, 9.17) is 47.0 Å². The molecule has 0 aliphatic carbocycles. The Morgan fingerprint density at radius 2 is 1.77 bits per heavy atom. The van der Waals surface area contributed by atoms with Crippen LogP contribution in [0.2, 0.25) is 15.1 Å². The number of hydrogen-bond acceptors (Lipinski definition) is 2. The van der Waals surface area contributed by atoms with E-state index >= 15 is 0 Å². The maximum Gasteiger partial charge on any atom is 0.173 e. The molecule has 1 aliphatic rings. The van der Waals surface area contributed by atoms with E-state index in [9.17, 15) is 4.39 Å². The summed E-state index contributed by atoms with van der Waals surface area (Å²) in [5, 5.41) is 5.18. The number of nitrogens with zero attached hydrogens (tertiary/aromatic N) is 2. The summed E-state index contributed by atoms with van der Waals surface area (Å²) < 4.78 is 13.2. The lowest BCUT2D eigenvalue weighted by atomic mass is 10.2. The quantitative estimate of drug-likeness (QED) is 0.663. The van der Waals surface area contributed by atoms with Gasteiger partial charge in [0.1, 0.15) is 5.82 Å². The van der Waals surface area contributed by atoms with E-state index in [1.165, 1.54) is 12.1 Å². The van der Waals surface area contributed by atoms with Crippen LogP contribution < -0.4 is 5.32 Å². The summed E-state index contributed by atoms with van der Waals surface area (Å²) in [5.41, 5.74) is 1.62. The average molecular weight is 433 g/mol. The molecule has 0 aromatic heterocycles. The summed E-state index contributed by atoms with van der Waals surface area (Å²) in [6.45, 7) is 3.91. The first-order valence-corrected chi connectivity index (χ1v) is 9.64. The third-order valence-corrected chi connectivity index (χ3v) is 5.79. The fourth-order valence-corrected chi connectivity index (χ4v) is 3.66. The van der Waals surface area contributed by atoms with Gasteiger partial charge >= 0.3 is 0 Å². The number of piperazine rings is 1. The van der Waals surface area contributed by atoms with Gasteiger partial charge in [0.25, 0.3) is 0 Å². The van der Waals surface area contributed by atoms with Gasteiger partial charge in [0.2, 0.25) is 0 Å². The third-order valence-electron chi connectivity index (χ3n) is 4.26. The van der Waals surface area contributed by atoms with Crippen molar-refractivity contribution >= 4 is 57.8 Å². The van der Waals surface area contributed by atoms with E-state index in [1.54, 1.807) is 12.1 Å². The van der Waals surface area contributed by atoms with Crippen LogP contribution in [-0.4, -0.2) is 41.1 Å². The van der Waals surface area contributed by atoms with Crippen molar-refractivity contribution in [2.75, 3.05) is 31.5 Å². The van der Waals surface area contributed by atoms with Crippen LogP contribution in [0.15, 0.2) is 36.4 Å². The van der Waals surface area contributed by atoms with E-state index in [0.29, 0.717) is 32.4 Å². The van der Waals surface area contributed by atoms with Crippen LogP contribution in [0.4, 0.5) is 10.1 Å². The highest BCUT2D eigenvalue weighted by atomic mass is 35.5.